The Balaban J connectivity index is 2.77. The zero-order valence-corrected chi connectivity index (χ0v) is 11.5. The summed E-state index contributed by atoms with van der Waals surface area (Å²) in [6.07, 6.45) is 1.03. The molecule has 1 rings (SSSR count). The lowest BCUT2D eigenvalue weighted by molar-refractivity contribution is -0.128. The summed E-state index contributed by atoms with van der Waals surface area (Å²) < 4.78 is 5.30. The number of hydrogen-bond donors (Lipinski definition) is 2. The first-order valence-corrected chi connectivity index (χ1v) is 6.24. The molecular weight excluding hydrogens is 234 g/mol. The molecule has 0 radical (unpaired) electrons. The number of amides is 2. The molecule has 1 saturated heterocycles. The first-order chi connectivity index (χ1) is 8.24. The van der Waals surface area contributed by atoms with E-state index in [0.29, 0.717) is 18.9 Å². The van der Waals surface area contributed by atoms with Crippen molar-refractivity contribution in [2.75, 3.05) is 6.54 Å². The third kappa shape index (κ3) is 3.87. The first kappa shape index (κ1) is 14.8. The molecule has 0 aliphatic carbocycles. The van der Waals surface area contributed by atoms with Crippen molar-refractivity contribution in [3.05, 3.63) is 0 Å². The van der Waals surface area contributed by atoms with E-state index >= 15 is 0 Å². The zero-order chi connectivity index (χ0) is 13.9. The molecule has 6 heteroatoms. The summed E-state index contributed by atoms with van der Waals surface area (Å²) in [4.78, 5) is 25.2. The summed E-state index contributed by atoms with van der Waals surface area (Å²) in [6.45, 7) is 7.98. The van der Waals surface area contributed by atoms with E-state index in [4.69, 9.17) is 10.6 Å². The van der Waals surface area contributed by atoms with Gasteiger partial charge in [0.05, 0.1) is 0 Å². The minimum Gasteiger partial charge on any atom is -0.444 e. The maximum absolute atomic E-state index is 12.0. The third-order valence-electron chi connectivity index (χ3n) is 2.94. The van der Waals surface area contributed by atoms with Crippen molar-refractivity contribution in [2.45, 2.75) is 52.2 Å². The minimum absolute atomic E-state index is 0.340. The second kappa shape index (κ2) is 5.56. The van der Waals surface area contributed by atoms with Crippen LogP contribution >= 0.6 is 0 Å². The molecule has 3 N–H and O–H groups in total. The molecule has 1 fully saturated rings. The molecule has 0 aromatic rings. The van der Waals surface area contributed by atoms with Gasteiger partial charge in [-0.2, -0.15) is 0 Å². The summed E-state index contributed by atoms with van der Waals surface area (Å²) >= 11 is 0. The molecule has 6 nitrogen and oxygen atoms in total. The Hall–Kier alpha value is -1.30. The molecule has 0 bridgehead atoms. The number of piperidine rings is 1. The van der Waals surface area contributed by atoms with Crippen LogP contribution in [0.25, 0.3) is 0 Å². The van der Waals surface area contributed by atoms with Crippen molar-refractivity contribution in [3.8, 4) is 0 Å². The van der Waals surface area contributed by atoms with Crippen LogP contribution in [-0.4, -0.2) is 35.1 Å². The van der Waals surface area contributed by atoms with Crippen LogP contribution < -0.4 is 11.3 Å². The summed E-state index contributed by atoms with van der Waals surface area (Å²) in [6, 6.07) is -0.534. The molecular formula is C12H23N3O3. The number of hydrazine groups is 1. The van der Waals surface area contributed by atoms with Gasteiger partial charge < -0.3 is 4.74 Å². The van der Waals surface area contributed by atoms with Crippen molar-refractivity contribution in [3.63, 3.8) is 0 Å². The largest absolute Gasteiger partial charge is 0.444 e. The number of rotatable bonds is 1. The average molecular weight is 257 g/mol. The Morgan fingerprint density at radius 3 is 2.50 bits per heavy atom. The Bertz CT molecular complexity index is 325. The van der Waals surface area contributed by atoms with Crippen LogP contribution in [0.1, 0.15) is 40.5 Å². The highest BCUT2D eigenvalue weighted by Gasteiger charge is 2.36. The van der Waals surface area contributed by atoms with E-state index in [9.17, 15) is 9.59 Å². The molecule has 0 spiro atoms. The van der Waals surface area contributed by atoms with E-state index in [-0.39, 0.29) is 5.91 Å². The number of carbonyl (C=O) groups excluding carboxylic acids is 2. The molecule has 0 unspecified atom stereocenters. The Morgan fingerprint density at radius 2 is 2.00 bits per heavy atom. The van der Waals surface area contributed by atoms with Gasteiger partial charge in [-0.1, -0.05) is 6.92 Å². The molecule has 1 aliphatic heterocycles. The van der Waals surface area contributed by atoms with Gasteiger partial charge in [0.1, 0.15) is 11.6 Å². The van der Waals surface area contributed by atoms with Crippen LogP contribution in [0.4, 0.5) is 4.79 Å². The Kier molecular flexibility index (Phi) is 4.56. The van der Waals surface area contributed by atoms with Crippen molar-refractivity contribution in [1.29, 1.82) is 0 Å². The van der Waals surface area contributed by atoms with Crippen molar-refractivity contribution in [2.24, 2.45) is 11.8 Å². The van der Waals surface area contributed by atoms with Gasteiger partial charge in [-0.05, 0) is 39.5 Å². The van der Waals surface area contributed by atoms with Gasteiger partial charge in [0.2, 0.25) is 0 Å². The van der Waals surface area contributed by atoms with Gasteiger partial charge >= 0.3 is 6.09 Å². The molecule has 18 heavy (non-hydrogen) atoms. The standard InChI is InChI=1S/C12H23N3O3/c1-8-5-6-15(9(7-8)10(16)14-13)11(17)18-12(2,3)4/h8-9H,5-7,13H2,1-4H3,(H,14,16)/t8-,9-/m1/s1. The van der Waals surface area contributed by atoms with Crippen LogP contribution in [0.5, 0.6) is 0 Å². The molecule has 0 aromatic heterocycles. The summed E-state index contributed by atoms with van der Waals surface area (Å²) in [5.74, 6) is 5.21. The van der Waals surface area contributed by atoms with Gasteiger partial charge in [0, 0.05) is 6.54 Å². The second-order valence-electron chi connectivity index (χ2n) is 5.83. The van der Waals surface area contributed by atoms with E-state index in [1.165, 1.54) is 4.90 Å². The predicted molar refractivity (Wildman–Crippen MR) is 67.5 cm³/mol. The number of likely N-dealkylation sites (tertiary alicyclic amines) is 1. The van der Waals surface area contributed by atoms with Gasteiger partial charge in [0.15, 0.2) is 0 Å². The van der Waals surface area contributed by atoms with E-state index in [0.717, 1.165) is 6.42 Å². The van der Waals surface area contributed by atoms with Gasteiger partial charge in [0.25, 0.3) is 5.91 Å². The monoisotopic (exact) mass is 257 g/mol. The fourth-order valence-corrected chi connectivity index (χ4v) is 2.03. The van der Waals surface area contributed by atoms with E-state index in [1.807, 2.05) is 0 Å². The van der Waals surface area contributed by atoms with Crippen molar-refractivity contribution >= 4 is 12.0 Å². The third-order valence-corrected chi connectivity index (χ3v) is 2.94. The number of nitrogens with two attached hydrogens (primary N) is 1. The summed E-state index contributed by atoms with van der Waals surface area (Å²) in [5, 5.41) is 0. The molecule has 2 amide bonds. The number of nitrogens with zero attached hydrogens (tertiary/aromatic N) is 1. The first-order valence-electron chi connectivity index (χ1n) is 6.24. The normalized spacial score (nSPS) is 24.6. The van der Waals surface area contributed by atoms with Gasteiger partial charge in [-0.15, -0.1) is 0 Å². The maximum atomic E-state index is 12.0. The Morgan fingerprint density at radius 1 is 1.39 bits per heavy atom. The summed E-state index contributed by atoms with van der Waals surface area (Å²) in [7, 11) is 0. The fraction of sp³-hybridized carbons (Fsp3) is 0.833. The molecule has 1 aliphatic rings. The van der Waals surface area contributed by atoms with Crippen LogP contribution in [0.15, 0.2) is 0 Å². The Labute approximate surface area is 108 Å². The van der Waals surface area contributed by atoms with Gasteiger partial charge in [-0.25, -0.2) is 10.6 Å². The number of hydrogen-bond acceptors (Lipinski definition) is 4. The van der Waals surface area contributed by atoms with E-state index in [2.05, 4.69) is 12.3 Å². The minimum atomic E-state index is -0.566. The number of carbonyl (C=O) groups is 2. The quantitative estimate of drug-likeness (QED) is 0.417. The highest BCUT2D eigenvalue weighted by Crippen LogP contribution is 2.24. The highest BCUT2D eigenvalue weighted by atomic mass is 16.6. The lowest BCUT2D eigenvalue weighted by Crippen LogP contribution is -2.55. The van der Waals surface area contributed by atoms with Crippen molar-refractivity contribution in [1.82, 2.24) is 10.3 Å². The number of nitrogens with one attached hydrogen (secondary N) is 1. The lowest BCUT2D eigenvalue weighted by atomic mass is 9.92. The number of ether oxygens (including phenoxy) is 1. The predicted octanol–water partition coefficient (Wildman–Crippen LogP) is 1.01. The smallest absolute Gasteiger partial charge is 0.410 e. The topological polar surface area (TPSA) is 84.7 Å². The van der Waals surface area contributed by atoms with Crippen LogP contribution in [0.3, 0.4) is 0 Å². The van der Waals surface area contributed by atoms with Crippen LogP contribution in [0, 0.1) is 5.92 Å². The second-order valence-corrected chi connectivity index (χ2v) is 5.83. The zero-order valence-electron chi connectivity index (χ0n) is 11.5. The molecule has 2 atom stereocenters. The summed E-state index contributed by atoms with van der Waals surface area (Å²) in [5.41, 5.74) is 1.55. The average Bonchev–Trinajstić information content (AvgIpc) is 2.25. The van der Waals surface area contributed by atoms with Gasteiger partial charge in [-0.3, -0.25) is 15.1 Å². The lowest BCUT2D eigenvalue weighted by Gasteiger charge is -2.37. The van der Waals surface area contributed by atoms with Crippen molar-refractivity contribution < 1.29 is 14.3 Å². The molecule has 0 saturated carbocycles. The molecule has 1 heterocycles. The van der Waals surface area contributed by atoms with Crippen LogP contribution in [-0.2, 0) is 9.53 Å². The fourth-order valence-electron chi connectivity index (χ4n) is 2.03. The maximum Gasteiger partial charge on any atom is 0.410 e. The van der Waals surface area contributed by atoms with E-state index in [1.54, 1.807) is 20.8 Å². The van der Waals surface area contributed by atoms with E-state index < -0.39 is 17.7 Å². The highest BCUT2D eigenvalue weighted by molar-refractivity contribution is 5.85. The van der Waals surface area contributed by atoms with Crippen LogP contribution in [0.2, 0.25) is 0 Å². The molecule has 0 aromatic carbocycles. The molecule has 104 valence electrons. The SMILES string of the molecule is C[C@@H]1CCN(C(=O)OC(C)(C)C)[C@@H](C(=O)NN)C1.